The van der Waals surface area contributed by atoms with Crippen molar-refractivity contribution >= 4 is 11.9 Å². The van der Waals surface area contributed by atoms with Gasteiger partial charge in [0, 0.05) is 0 Å². The summed E-state index contributed by atoms with van der Waals surface area (Å²) in [6.45, 7) is 5.63. The maximum Gasteiger partial charge on any atom is 0.338 e. The van der Waals surface area contributed by atoms with Crippen molar-refractivity contribution in [1.82, 2.24) is 0 Å². The average Bonchev–Trinajstić information content (AvgIpc) is 2.71. The summed E-state index contributed by atoms with van der Waals surface area (Å²) < 4.78 is 31.2. The van der Waals surface area contributed by atoms with Crippen molar-refractivity contribution in [3.8, 4) is 0 Å². The Balaban J connectivity index is 1.77. The van der Waals surface area contributed by atoms with Crippen LogP contribution in [0.5, 0.6) is 0 Å². The van der Waals surface area contributed by atoms with E-state index in [2.05, 4.69) is 0 Å². The zero-order chi connectivity index (χ0) is 20.3. The third kappa shape index (κ3) is 13.2. The van der Waals surface area contributed by atoms with Crippen LogP contribution in [-0.4, -0.2) is 78.0 Å². The molecule has 0 saturated carbocycles. The van der Waals surface area contributed by atoms with Crippen molar-refractivity contribution in [2.75, 3.05) is 66.1 Å². The summed E-state index contributed by atoms with van der Waals surface area (Å²) in [6, 6.07) is 8.82. The summed E-state index contributed by atoms with van der Waals surface area (Å²) in [5.74, 6) is -0.615. The third-order valence-corrected chi connectivity index (χ3v) is 3.34. The van der Waals surface area contributed by atoms with E-state index in [1.165, 1.54) is 0 Å². The number of benzene rings is 1. The Morgan fingerprint density at radius 2 is 1.18 bits per heavy atom. The van der Waals surface area contributed by atoms with Gasteiger partial charge in [0.15, 0.2) is 0 Å². The number of esters is 2. The Morgan fingerprint density at radius 3 is 1.71 bits per heavy atom. The number of hydrogen-bond acceptors (Lipinski definition) is 8. The van der Waals surface area contributed by atoms with E-state index in [9.17, 15) is 9.59 Å². The molecule has 0 unspecified atom stereocenters. The number of hydrogen-bond donors (Lipinski definition) is 0. The molecule has 158 valence electrons. The van der Waals surface area contributed by atoms with Crippen LogP contribution < -0.4 is 0 Å². The summed E-state index contributed by atoms with van der Waals surface area (Å²) in [7, 11) is 0. The summed E-state index contributed by atoms with van der Waals surface area (Å²) in [6.07, 6.45) is 0.252. The highest BCUT2D eigenvalue weighted by atomic mass is 16.6. The second kappa shape index (κ2) is 17.1. The molecule has 1 rings (SSSR count). The summed E-state index contributed by atoms with van der Waals surface area (Å²) in [5, 5.41) is 0. The fourth-order valence-corrected chi connectivity index (χ4v) is 2.00. The third-order valence-electron chi connectivity index (χ3n) is 3.34. The SMILES string of the molecule is CCOC(=O)CCOCCOCCOCCOCCOC(=O)c1ccccc1. The topological polar surface area (TPSA) is 89.5 Å². The first-order chi connectivity index (χ1) is 13.7. The molecule has 1 aromatic rings. The maximum absolute atomic E-state index is 11.7. The molecule has 0 bridgehead atoms. The molecule has 0 fully saturated rings. The van der Waals surface area contributed by atoms with Crippen LogP contribution in [0.4, 0.5) is 0 Å². The molecule has 0 atom stereocenters. The Kier molecular flexibility index (Phi) is 14.7. The Hall–Kier alpha value is -2.00. The van der Waals surface area contributed by atoms with Crippen molar-refractivity contribution in [1.29, 1.82) is 0 Å². The first-order valence-corrected chi connectivity index (χ1v) is 9.42. The number of carbonyl (C=O) groups is 2. The van der Waals surface area contributed by atoms with Gasteiger partial charge in [-0.3, -0.25) is 4.79 Å². The van der Waals surface area contributed by atoms with Gasteiger partial charge in [0.25, 0.3) is 0 Å². The lowest BCUT2D eigenvalue weighted by Gasteiger charge is -2.08. The van der Waals surface area contributed by atoms with Crippen molar-refractivity contribution in [3.63, 3.8) is 0 Å². The monoisotopic (exact) mass is 398 g/mol. The minimum absolute atomic E-state index is 0.201. The van der Waals surface area contributed by atoms with Crippen molar-refractivity contribution < 1.29 is 38.0 Å². The highest BCUT2D eigenvalue weighted by molar-refractivity contribution is 5.89. The number of carbonyl (C=O) groups excluding carboxylic acids is 2. The fraction of sp³-hybridized carbons (Fsp3) is 0.600. The van der Waals surface area contributed by atoms with Gasteiger partial charge >= 0.3 is 11.9 Å². The van der Waals surface area contributed by atoms with E-state index in [1.54, 1.807) is 31.2 Å². The Morgan fingerprint density at radius 1 is 0.679 bits per heavy atom. The molecule has 8 nitrogen and oxygen atoms in total. The molecule has 0 aliphatic carbocycles. The van der Waals surface area contributed by atoms with Gasteiger partial charge in [-0.1, -0.05) is 18.2 Å². The molecular weight excluding hydrogens is 368 g/mol. The van der Waals surface area contributed by atoms with E-state index < -0.39 is 0 Å². The predicted octanol–water partition coefficient (Wildman–Crippen LogP) is 1.86. The molecule has 0 aromatic heterocycles. The van der Waals surface area contributed by atoms with E-state index in [0.717, 1.165) is 0 Å². The number of ether oxygens (including phenoxy) is 6. The number of rotatable bonds is 17. The van der Waals surface area contributed by atoms with E-state index in [1.807, 2.05) is 6.07 Å². The Labute approximate surface area is 166 Å². The van der Waals surface area contributed by atoms with Crippen LogP contribution in [0, 0.1) is 0 Å². The molecule has 0 N–H and O–H groups in total. The van der Waals surface area contributed by atoms with Gasteiger partial charge in [0.2, 0.25) is 0 Å². The average molecular weight is 398 g/mol. The minimum atomic E-state index is -0.359. The van der Waals surface area contributed by atoms with Crippen molar-refractivity contribution in [2.24, 2.45) is 0 Å². The van der Waals surface area contributed by atoms with Crippen LogP contribution in [0.1, 0.15) is 23.7 Å². The smallest absolute Gasteiger partial charge is 0.338 e. The lowest BCUT2D eigenvalue weighted by molar-refractivity contribution is -0.144. The highest BCUT2D eigenvalue weighted by Crippen LogP contribution is 2.00. The standard InChI is InChI=1S/C20H30O8/c1-2-27-19(21)8-9-23-10-11-24-12-13-25-14-15-26-16-17-28-20(22)18-6-4-3-5-7-18/h3-7H,2,8-17H2,1H3. The van der Waals surface area contributed by atoms with Crippen LogP contribution in [-0.2, 0) is 33.2 Å². The van der Waals surface area contributed by atoms with Crippen molar-refractivity contribution in [3.05, 3.63) is 35.9 Å². The lowest BCUT2D eigenvalue weighted by Crippen LogP contribution is -2.15. The molecule has 1 aromatic carbocycles. The van der Waals surface area contributed by atoms with E-state index in [0.29, 0.717) is 65.0 Å². The van der Waals surface area contributed by atoms with Gasteiger partial charge in [-0.15, -0.1) is 0 Å². The summed E-state index contributed by atoms with van der Waals surface area (Å²) in [5.41, 5.74) is 0.523. The summed E-state index contributed by atoms with van der Waals surface area (Å²) >= 11 is 0. The summed E-state index contributed by atoms with van der Waals surface area (Å²) in [4.78, 5) is 22.7. The van der Waals surface area contributed by atoms with Crippen molar-refractivity contribution in [2.45, 2.75) is 13.3 Å². The molecule has 0 spiro atoms. The second-order valence-electron chi connectivity index (χ2n) is 5.51. The maximum atomic E-state index is 11.7. The molecule has 0 saturated heterocycles. The largest absolute Gasteiger partial charge is 0.466 e. The second-order valence-corrected chi connectivity index (χ2v) is 5.51. The molecule has 0 aliphatic rings. The zero-order valence-corrected chi connectivity index (χ0v) is 16.4. The fourth-order valence-electron chi connectivity index (χ4n) is 2.00. The van der Waals surface area contributed by atoms with Gasteiger partial charge in [-0.05, 0) is 19.1 Å². The molecule has 0 radical (unpaired) electrons. The molecule has 0 amide bonds. The van der Waals surface area contributed by atoms with Gasteiger partial charge in [-0.25, -0.2) is 4.79 Å². The molecule has 28 heavy (non-hydrogen) atoms. The zero-order valence-electron chi connectivity index (χ0n) is 16.4. The van der Waals surface area contributed by atoms with Gasteiger partial charge in [0.05, 0.1) is 71.4 Å². The van der Waals surface area contributed by atoms with E-state index in [-0.39, 0.29) is 25.0 Å². The normalized spacial score (nSPS) is 10.6. The first kappa shape index (κ1) is 24.0. The van der Waals surface area contributed by atoms with Crippen LogP contribution in [0.2, 0.25) is 0 Å². The Bertz CT molecular complexity index is 520. The van der Waals surface area contributed by atoms with Crippen LogP contribution in [0.25, 0.3) is 0 Å². The first-order valence-electron chi connectivity index (χ1n) is 9.42. The van der Waals surface area contributed by atoms with Crippen LogP contribution in [0.3, 0.4) is 0 Å². The minimum Gasteiger partial charge on any atom is -0.466 e. The quantitative estimate of drug-likeness (QED) is 0.290. The molecule has 0 aliphatic heterocycles. The van der Waals surface area contributed by atoms with Gasteiger partial charge < -0.3 is 28.4 Å². The molecule has 8 heteroatoms. The molecular formula is C20H30O8. The van der Waals surface area contributed by atoms with Crippen LogP contribution in [0.15, 0.2) is 30.3 Å². The van der Waals surface area contributed by atoms with Gasteiger partial charge in [0.1, 0.15) is 6.61 Å². The molecule has 0 heterocycles. The van der Waals surface area contributed by atoms with E-state index >= 15 is 0 Å². The van der Waals surface area contributed by atoms with E-state index in [4.69, 9.17) is 28.4 Å². The van der Waals surface area contributed by atoms with Gasteiger partial charge in [-0.2, -0.15) is 0 Å². The lowest BCUT2D eigenvalue weighted by atomic mass is 10.2. The predicted molar refractivity (Wildman–Crippen MR) is 101 cm³/mol. The highest BCUT2D eigenvalue weighted by Gasteiger charge is 2.05. The van der Waals surface area contributed by atoms with Crippen LogP contribution >= 0.6 is 0 Å².